The molecule has 34 heavy (non-hydrogen) atoms. The number of benzene rings is 2. The van der Waals surface area contributed by atoms with E-state index in [-0.39, 0.29) is 11.6 Å². The van der Waals surface area contributed by atoms with E-state index in [1.54, 1.807) is 23.1 Å². The molecule has 0 unspecified atom stereocenters. The number of carbonyl (C=O) groups is 1. The molecule has 8 nitrogen and oxygen atoms in total. The van der Waals surface area contributed by atoms with Crippen LogP contribution in [0, 0.1) is 6.92 Å². The molecule has 1 saturated heterocycles. The molecule has 4 aromatic rings. The van der Waals surface area contributed by atoms with E-state index in [0.29, 0.717) is 54.1 Å². The van der Waals surface area contributed by atoms with Crippen LogP contribution in [0.25, 0.3) is 15.5 Å². The van der Waals surface area contributed by atoms with Gasteiger partial charge in [-0.3, -0.25) is 9.69 Å². The Morgan fingerprint density at radius 3 is 2.56 bits per heavy atom. The van der Waals surface area contributed by atoms with Gasteiger partial charge in [-0.1, -0.05) is 64.9 Å². The van der Waals surface area contributed by atoms with Crippen molar-refractivity contribution in [2.75, 3.05) is 31.5 Å². The summed E-state index contributed by atoms with van der Waals surface area (Å²) in [6.07, 6.45) is 0. The van der Waals surface area contributed by atoms with Gasteiger partial charge in [0.05, 0.1) is 16.4 Å². The number of rotatable bonds is 4. The zero-order valence-corrected chi connectivity index (χ0v) is 20.1. The maximum absolute atomic E-state index is 12.7. The van der Waals surface area contributed by atoms with Crippen molar-refractivity contribution >= 4 is 39.6 Å². The van der Waals surface area contributed by atoms with Gasteiger partial charge in [0.2, 0.25) is 4.96 Å². The molecule has 2 aromatic heterocycles. The minimum absolute atomic E-state index is 0.168. The normalized spacial score (nSPS) is 14.5. The van der Waals surface area contributed by atoms with Crippen LogP contribution in [0.3, 0.4) is 0 Å². The molecule has 0 spiro atoms. The number of nitrogens with zero attached hydrogens (tertiary/aromatic N) is 5. The van der Waals surface area contributed by atoms with Crippen LogP contribution in [0.15, 0.2) is 59.4 Å². The lowest BCUT2D eigenvalue weighted by Crippen LogP contribution is -2.49. The van der Waals surface area contributed by atoms with Gasteiger partial charge >= 0.3 is 6.03 Å². The van der Waals surface area contributed by atoms with Gasteiger partial charge in [-0.2, -0.15) is 9.61 Å². The number of hydrogen-bond donors (Lipinski definition) is 1. The third-order valence-corrected chi connectivity index (χ3v) is 7.04. The third kappa shape index (κ3) is 4.82. The van der Waals surface area contributed by atoms with Crippen LogP contribution in [0.4, 0.5) is 10.5 Å². The van der Waals surface area contributed by atoms with Crippen LogP contribution in [0.1, 0.15) is 11.3 Å². The fraction of sp³-hybridized carbons (Fsp3) is 0.250. The van der Waals surface area contributed by atoms with Crippen LogP contribution in [-0.4, -0.2) is 56.6 Å². The largest absolute Gasteiger partial charge is 0.322 e. The Morgan fingerprint density at radius 2 is 1.82 bits per heavy atom. The molecular formula is C24H23ClN6O2S. The molecule has 2 amide bonds. The second-order valence-electron chi connectivity index (χ2n) is 8.23. The van der Waals surface area contributed by atoms with Crippen molar-refractivity contribution in [2.45, 2.75) is 13.5 Å². The Labute approximate surface area is 205 Å². The van der Waals surface area contributed by atoms with Gasteiger partial charge in [-0.25, -0.2) is 9.78 Å². The van der Waals surface area contributed by atoms with Gasteiger partial charge in [0.25, 0.3) is 5.56 Å². The molecule has 0 bridgehead atoms. The molecule has 2 aromatic carbocycles. The van der Waals surface area contributed by atoms with Crippen molar-refractivity contribution in [1.29, 1.82) is 0 Å². The lowest BCUT2D eigenvalue weighted by molar-refractivity contribution is 0.142. The quantitative estimate of drug-likeness (QED) is 0.461. The average molecular weight is 495 g/mol. The first kappa shape index (κ1) is 22.5. The van der Waals surface area contributed by atoms with Crippen molar-refractivity contribution in [2.24, 2.45) is 0 Å². The molecule has 1 aliphatic heterocycles. The minimum Gasteiger partial charge on any atom is -0.322 e. The Morgan fingerprint density at radius 1 is 1.09 bits per heavy atom. The summed E-state index contributed by atoms with van der Waals surface area (Å²) >= 11 is 7.54. The summed E-state index contributed by atoms with van der Waals surface area (Å²) in [5.41, 5.74) is 3.26. The highest BCUT2D eigenvalue weighted by atomic mass is 35.5. The first-order chi connectivity index (χ1) is 16.5. The van der Waals surface area contributed by atoms with Gasteiger partial charge in [0, 0.05) is 44.4 Å². The van der Waals surface area contributed by atoms with E-state index in [1.165, 1.54) is 21.4 Å². The number of hydrogen-bond acceptors (Lipinski definition) is 6. The highest BCUT2D eigenvalue weighted by Gasteiger charge is 2.22. The van der Waals surface area contributed by atoms with E-state index in [1.807, 2.05) is 43.3 Å². The summed E-state index contributed by atoms with van der Waals surface area (Å²) in [5, 5.41) is 8.60. The van der Waals surface area contributed by atoms with Crippen LogP contribution >= 0.6 is 22.9 Å². The predicted molar refractivity (Wildman–Crippen MR) is 135 cm³/mol. The smallest absolute Gasteiger partial charge is 0.321 e. The van der Waals surface area contributed by atoms with Crippen molar-refractivity contribution in [3.63, 3.8) is 0 Å². The number of para-hydroxylation sites is 1. The second kappa shape index (κ2) is 9.54. The zero-order valence-electron chi connectivity index (χ0n) is 18.6. The number of aryl methyl sites for hydroxylation is 1. The highest BCUT2D eigenvalue weighted by Crippen LogP contribution is 2.25. The van der Waals surface area contributed by atoms with Gasteiger partial charge in [0.15, 0.2) is 0 Å². The molecular weight excluding hydrogens is 472 g/mol. The van der Waals surface area contributed by atoms with E-state index < -0.39 is 0 Å². The number of urea groups is 1. The molecule has 174 valence electrons. The number of amides is 2. The lowest BCUT2D eigenvalue weighted by atomic mass is 10.2. The standard InChI is InChI=1S/C24H23ClN6O2S/c1-16-6-8-17(9-7-16)22-28-31-21(32)14-18(26-24(31)34-22)15-29-10-12-30(13-11-29)23(33)27-20-5-3-2-4-19(20)25/h2-9,14H,10-13,15H2,1H3,(H,27,33). The Bertz CT molecular complexity index is 1390. The number of piperazine rings is 1. The molecule has 3 heterocycles. The average Bonchev–Trinajstić information content (AvgIpc) is 3.26. The van der Waals surface area contributed by atoms with Crippen molar-refractivity contribution < 1.29 is 4.79 Å². The second-order valence-corrected chi connectivity index (χ2v) is 9.59. The molecule has 10 heteroatoms. The van der Waals surface area contributed by atoms with E-state index in [0.717, 1.165) is 10.6 Å². The summed E-state index contributed by atoms with van der Waals surface area (Å²) in [5.74, 6) is 0. The van der Waals surface area contributed by atoms with Gasteiger partial charge in [-0.15, -0.1) is 0 Å². The fourth-order valence-corrected chi connectivity index (χ4v) is 4.96. The van der Waals surface area contributed by atoms with E-state index in [4.69, 9.17) is 11.6 Å². The maximum Gasteiger partial charge on any atom is 0.321 e. The number of fused-ring (bicyclic) bond motifs is 1. The number of halogens is 1. The molecule has 0 saturated carbocycles. The maximum atomic E-state index is 12.7. The first-order valence-electron chi connectivity index (χ1n) is 11.0. The van der Waals surface area contributed by atoms with E-state index in [9.17, 15) is 9.59 Å². The molecule has 0 radical (unpaired) electrons. The number of nitrogens with one attached hydrogen (secondary N) is 1. The van der Waals surface area contributed by atoms with E-state index >= 15 is 0 Å². The summed E-state index contributed by atoms with van der Waals surface area (Å²) in [6.45, 7) is 5.11. The number of anilines is 1. The molecule has 0 atom stereocenters. The van der Waals surface area contributed by atoms with Crippen LogP contribution in [-0.2, 0) is 6.54 Å². The topological polar surface area (TPSA) is 82.8 Å². The SMILES string of the molecule is Cc1ccc(-c2nn3c(=O)cc(CN4CCN(C(=O)Nc5ccccc5Cl)CC4)nc3s2)cc1. The molecule has 1 N–H and O–H groups in total. The Balaban J connectivity index is 1.23. The van der Waals surface area contributed by atoms with Crippen molar-refractivity contribution in [3.05, 3.63) is 81.2 Å². The molecule has 0 aliphatic carbocycles. The first-order valence-corrected chi connectivity index (χ1v) is 12.2. The number of carbonyl (C=O) groups excluding carboxylic acids is 1. The number of aromatic nitrogens is 3. The Hall–Kier alpha value is -3.27. The Kier molecular flexibility index (Phi) is 6.32. The van der Waals surface area contributed by atoms with E-state index in [2.05, 4.69) is 20.3 Å². The van der Waals surface area contributed by atoms with Crippen molar-refractivity contribution in [3.8, 4) is 10.6 Å². The fourth-order valence-electron chi connectivity index (χ4n) is 3.85. The van der Waals surface area contributed by atoms with Crippen LogP contribution in [0.5, 0.6) is 0 Å². The summed E-state index contributed by atoms with van der Waals surface area (Å²) in [7, 11) is 0. The van der Waals surface area contributed by atoms with Crippen LogP contribution < -0.4 is 10.9 Å². The molecule has 5 rings (SSSR count). The van der Waals surface area contributed by atoms with Gasteiger partial charge < -0.3 is 10.2 Å². The zero-order chi connectivity index (χ0) is 23.7. The lowest BCUT2D eigenvalue weighted by Gasteiger charge is -2.34. The monoisotopic (exact) mass is 494 g/mol. The summed E-state index contributed by atoms with van der Waals surface area (Å²) in [6, 6.07) is 16.6. The molecule has 1 aliphatic rings. The van der Waals surface area contributed by atoms with Gasteiger partial charge in [0.1, 0.15) is 5.01 Å². The summed E-state index contributed by atoms with van der Waals surface area (Å²) < 4.78 is 1.36. The highest BCUT2D eigenvalue weighted by molar-refractivity contribution is 7.19. The predicted octanol–water partition coefficient (Wildman–Crippen LogP) is 4.13. The third-order valence-electron chi connectivity index (χ3n) is 5.76. The van der Waals surface area contributed by atoms with Crippen molar-refractivity contribution in [1.82, 2.24) is 24.4 Å². The van der Waals surface area contributed by atoms with Crippen LogP contribution in [0.2, 0.25) is 5.02 Å². The minimum atomic E-state index is -0.188. The summed E-state index contributed by atoms with van der Waals surface area (Å²) in [4.78, 5) is 34.5. The molecule has 1 fully saturated rings. The van der Waals surface area contributed by atoms with Gasteiger partial charge in [-0.05, 0) is 19.1 Å².